The monoisotopic (exact) mass is 564 g/mol. The van der Waals surface area contributed by atoms with E-state index in [-0.39, 0.29) is 11.7 Å². The lowest BCUT2D eigenvalue weighted by Crippen LogP contribution is -2.34. The molecule has 216 valence electrons. The first-order chi connectivity index (χ1) is 20.5. The third kappa shape index (κ3) is 8.07. The Kier molecular flexibility index (Phi) is 10.9. The molecule has 0 aromatic heterocycles. The number of ketones is 1. The summed E-state index contributed by atoms with van der Waals surface area (Å²) in [5, 5.41) is 3.23. The Bertz CT molecular complexity index is 1460. The van der Waals surface area contributed by atoms with Crippen LogP contribution in [-0.2, 0) is 20.7 Å². The molecule has 0 fully saturated rings. The van der Waals surface area contributed by atoms with Crippen molar-refractivity contribution in [2.75, 3.05) is 30.5 Å². The van der Waals surface area contributed by atoms with Crippen LogP contribution in [0.25, 0.3) is 0 Å². The summed E-state index contributed by atoms with van der Waals surface area (Å²) in [6.07, 6.45) is 1.60. The number of amides is 1. The number of rotatable bonds is 14. The summed E-state index contributed by atoms with van der Waals surface area (Å²) in [6, 6.07) is 32.5. The average Bonchev–Trinajstić information content (AvgIpc) is 3.04. The molecule has 0 aliphatic rings. The Balaban J connectivity index is 1.41. The summed E-state index contributed by atoms with van der Waals surface area (Å²) in [5.74, 6) is 0.160. The second kappa shape index (κ2) is 15.2. The highest BCUT2D eigenvalue weighted by atomic mass is 16.5. The van der Waals surface area contributed by atoms with Crippen molar-refractivity contribution in [1.29, 1.82) is 0 Å². The molecule has 0 spiro atoms. The highest BCUT2D eigenvalue weighted by molar-refractivity contribution is 6.12. The molecule has 1 N–H and O–H groups in total. The Labute approximate surface area is 247 Å². The van der Waals surface area contributed by atoms with E-state index in [4.69, 9.17) is 9.47 Å². The minimum Gasteiger partial charge on any atom is -0.492 e. The molecule has 42 heavy (non-hydrogen) atoms. The molecule has 1 atom stereocenters. The van der Waals surface area contributed by atoms with Gasteiger partial charge in [0.25, 0.3) is 0 Å². The van der Waals surface area contributed by atoms with Crippen molar-refractivity contribution >= 4 is 29.0 Å². The summed E-state index contributed by atoms with van der Waals surface area (Å²) in [4.78, 5) is 40.3. The van der Waals surface area contributed by atoms with E-state index in [1.165, 1.54) is 7.11 Å². The zero-order valence-corrected chi connectivity index (χ0v) is 24.0. The number of nitrogens with one attached hydrogen (secondary N) is 1. The van der Waals surface area contributed by atoms with Gasteiger partial charge in [-0.05, 0) is 48.4 Å². The van der Waals surface area contributed by atoms with Crippen LogP contribution >= 0.6 is 0 Å². The highest BCUT2D eigenvalue weighted by Crippen LogP contribution is 2.22. The van der Waals surface area contributed by atoms with Crippen LogP contribution in [0.2, 0.25) is 0 Å². The lowest BCUT2D eigenvalue weighted by atomic mass is 10.00. The van der Waals surface area contributed by atoms with Crippen LogP contribution in [0.3, 0.4) is 0 Å². The number of anilines is 2. The van der Waals surface area contributed by atoms with Gasteiger partial charge in [-0.3, -0.25) is 9.59 Å². The third-order valence-electron chi connectivity index (χ3n) is 6.80. The van der Waals surface area contributed by atoms with Gasteiger partial charge in [0.05, 0.1) is 13.7 Å². The number of hydrogen-bond acceptors (Lipinski definition) is 6. The molecule has 0 aliphatic carbocycles. The molecule has 0 radical (unpaired) electrons. The van der Waals surface area contributed by atoms with E-state index in [0.29, 0.717) is 48.6 Å². The number of ether oxygens (including phenoxy) is 2. The zero-order chi connectivity index (χ0) is 29.7. The van der Waals surface area contributed by atoms with Crippen LogP contribution in [0.15, 0.2) is 109 Å². The molecule has 7 nitrogen and oxygen atoms in total. The first-order valence-corrected chi connectivity index (χ1v) is 14.1. The number of methoxy groups -OCH3 is 1. The van der Waals surface area contributed by atoms with Gasteiger partial charge in [0, 0.05) is 35.3 Å². The number of esters is 1. The Morgan fingerprint density at radius 2 is 1.45 bits per heavy atom. The fourth-order valence-corrected chi connectivity index (χ4v) is 4.64. The molecule has 0 saturated carbocycles. The highest BCUT2D eigenvalue weighted by Gasteiger charge is 2.23. The van der Waals surface area contributed by atoms with Crippen molar-refractivity contribution in [1.82, 2.24) is 0 Å². The van der Waals surface area contributed by atoms with Crippen molar-refractivity contribution in [3.8, 4) is 5.75 Å². The maximum Gasteiger partial charge on any atom is 0.328 e. The van der Waals surface area contributed by atoms with Crippen molar-refractivity contribution in [2.45, 2.75) is 32.2 Å². The molecule has 4 rings (SSSR count). The van der Waals surface area contributed by atoms with Gasteiger partial charge in [-0.25, -0.2) is 4.79 Å². The van der Waals surface area contributed by atoms with Crippen molar-refractivity contribution in [3.05, 3.63) is 126 Å². The fraction of sp³-hybridized carbons (Fsp3) is 0.229. The summed E-state index contributed by atoms with van der Waals surface area (Å²) >= 11 is 0. The first kappa shape index (κ1) is 30.1. The second-order valence-corrected chi connectivity index (χ2v) is 9.79. The van der Waals surface area contributed by atoms with Crippen LogP contribution in [0.5, 0.6) is 5.75 Å². The maximum absolute atomic E-state index is 13.2. The van der Waals surface area contributed by atoms with E-state index >= 15 is 0 Å². The maximum atomic E-state index is 13.2. The number of carbonyl (C=O) groups is 3. The van der Waals surface area contributed by atoms with E-state index < -0.39 is 12.0 Å². The van der Waals surface area contributed by atoms with Gasteiger partial charge in [-0.1, -0.05) is 79.7 Å². The normalized spacial score (nSPS) is 11.3. The summed E-state index contributed by atoms with van der Waals surface area (Å²) < 4.78 is 11.0. The van der Waals surface area contributed by atoms with E-state index in [9.17, 15) is 14.4 Å². The van der Waals surface area contributed by atoms with E-state index in [0.717, 1.165) is 17.7 Å². The summed E-state index contributed by atoms with van der Waals surface area (Å²) in [7, 11) is 1.35. The predicted octanol–water partition coefficient (Wildman–Crippen LogP) is 6.33. The summed E-state index contributed by atoms with van der Waals surface area (Å²) in [5.41, 5.74) is 3.34. The van der Waals surface area contributed by atoms with E-state index in [1.54, 1.807) is 35.2 Å². The van der Waals surface area contributed by atoms with Gasteiger partial charge >= 0.3 is 5.97 Å². The molecule has 0 heterocycles. The van der Waals surface area contributed by atoms with Crippen molar-refractivity contribution in [2.24, 2.45) is 0 Å². The lowest BCUT2D eigenvalue weighted by molar-refractivity contribution is -0.141. The molecule has 1 amide bonds. The molecule has 7 heteroatoms. The second-order valence-electron chi connectivity index (χ2n) is 9.79. The van der Waals surface area contributed by atoms with Gasteiger partial charge < -0.3 is 19.7 Å². The van der Waals surface area contributed by atoms with Crippen molar-refractivity contribution in [3.63, 3.8) is 0 Å². The number of benzene rings is 4. The zero-order valence-electron chi connectivity index (χ0n) is 24.0. The minimum atomic E-state index is -0.712. The van der Waals surface area contributed by atoms with E-state index in [2.05, 4.69) is 5.32 Å². The molecular weight excluding hydrogens is 528 g/mol. The van der Waals surface area contributed by atoms with Gasteiger partial charge in [-0.2, -0.15) is 0 Å². The number of para-hydroxylation sites is 2. The first-order valence-electron chi connectivity index (χ1n) is 14.1. The van der Waals surface area contributed by atoms with Gasteiger partial charge in [0.15, 0.2) is 5.78 Å². The largest absolute Gasteiger partial charge is 0.492 e. The minimum absolute atomic E-state index is 0.0658. The molecule has 0 bridgehead atoms. The smallest absolute Gasteiger partial charge is 0.328 e. The van der Waals surface area contributed by atoms with Crippen LogP contribution in [0, 0.1) is 0 Å². The Morgan fingerprint density at radius 1 is 0.810 bits per heavy atom. The van der Waals surface area contributed by atoms with Crippen LogP contribution in [0.4, 0.5) is 11.4 Å². The number of carbonyl (C=O) groups excluding carboxylic acids is 3. The standard InChI is InChI=1S/C35H36N2O5/c1-3-12-33(38)37(28-15-8-5-9-16-28)23-24-42-29-21-19-26(20-22-29)25-32(35(40)41-2)36-31-18-11-10-17-30(31)34(39)27-13-6-4-7-14-27/h4-11,13-22,32,36H,3,12,23-25H2,1-2H3. The number of nitrogens with zero attached hydrogens (tertiary/aromatic N) is 1. The summed E-state index contributed by atoms with van der Waals surface area (Å²) in [6.45, 7) is 2.75. The SMILES string of the molecule is CCCC(=O)N(CCOc1ccc(CC(Nc2ccccc2C(=O)c2ccccc2)C(=O)OC)cc1)c1ccccc1. The number of hydrogen-bond donors (Lipinski definition) is 1. The molecule has 0 saturated heterocycles. The topological polar surface area (TPSA) is 84.9 Å². The van der Waals surface area contributed by atoms with Crippen LogP contribution in [-0.4, -0.2) is 44.0 Å². The quantitative estimate of drug-likeness (QED) is 0.142. The van der Waals surface area contributed by atoms with Gasteiger partial charge in [0.2, 0.25) is 5.91 Å². The lowest BCUT2D eigenvalue weighted by Gasteiger charge is -2.23. The molecule has 1 unspecified atom stereocenters. The van der Waals surface area contributed by atoms with E-state index in [1.807, 2.05) is 85.8 Å². The molecule has 0 aliphatic heterocycles. The molecular formula is C35H36N2O5. The molecule has 4 aromatic rings. The Hall–Kier alpha value is -4.91. The predicted molar refractivity (Wildman–Crippen MR) is 165 cm³/mol. The van der Waals surface area contributed by atoms with Gasteiger partial charge in [-0.15, -0.1) is 0 Å². The van der Waals surface area contributed by atoms with Crippen LogP contribution in [0.1, 0.15) is 41.3 Å². The Morgan fingerprint density at radius 3 is 2.12 bits per heavy atom. The average molecular weight is 565 g/mol. The van der Waals surface area contributed by atoms with Crippen molar-refractivity contribution < 1.29 is 23.9 Å². The van der Waals surface area contributed by atoms with Gasteiger partial charge in [0.1, 0.15) is 18.4 Å². The fourth-order valence-electron chi connectivity index (χ4n) is 4.64. The third-order valence-corrected chi connectivity index (χ3v) is 6.80. The van der Waals surface area contributed by atoms with Crippen LogP contribution < -0.4 is 15.0 Å². The molecule has 4 aromatic carbocycles.